The quantitative estimate of drug-likeness (QED) is 0.863. The van der Waals surface area contributed by atoms with Crippen molar-refractivity contribution in [3.63, 3.8) is 0 Å². The summed E-state index contributed by atoms with van der Waals surface area (Å²) in [6.07, 6.45) is 7.54. The fourth-order valence-electron chi connectivity index (χ4n) is 4.17. The van der Waals surface area contributed by atoms with Crippen LogP contribution in [0.3, 0.4) is 0 Å². The summed E-state index contributed by atoms with van der Waals surface area (Å²) in [6, 6.07) is 2.36. The van der Waals surface area contributed by atoms with Gasteiger partial charge in [-0.3, -0.25) is 4.79 Å². The molecule has 19 heavy (non-hydrogen) atoms. The molecule has 3 unspecified atom stereocenters. The van der Waals surface area contributed by atoms with Crippen LogP contribution in [0, 0.1) is 29.1 Å². The zero-order valence-electron chi connectivity index (χ0n) is 11.4. The molecule has 3 rings (SSSR count). The minimum atomic E-state index is -0.569. The van der Waals surface area contributed by atoms with E-state index in [1.807, 2.05) is 11.8 Å². The number of rotatable bonds is 3. The van der Waals surface area contributed by atoms with Gasteiger partial charge in [0.2, 0.25) is 5.91 Å². The predicted molar refractivity (Wildman–Crippen MR) is 76.6 cm³/mol. The van der Waals surface area contributed by atoms with Gasteiger partial charge in [0.25, 0.3) is 0 Å². The first-order valence-electron chi connectivity index (χ1n) is 7.51. The van der Waals surface area contributed by atoms with Crippen LogP contribution in [0.2, 0.25) is 0 Å². The van der Waals surface area contributed by atoms with Crippen LogP contribution < -0.4 is 5.32 Å². The van der Waals surface area contributed by atoms with Gasteiger partial charge in [-0.2, -0.15) is 17.0 Å². The maximum atomic E-state index is 12.2. The van der Waals surface area contributed by atoms with Crippen molar-refractivity contribution in [2.75, 3.05) is 11.5 Å². The number of hydrogen-bond donors (Lipinski definition) is 1. The van der Waals surface area contributed by atoms with Gasteiger partial charge in [0.05, 0.1) is 6.07 Å². The maximum absolute atomic E-state index is 12.2. The van der Waals surface area contributed by atoms with Crippen LogP contribution in [0.25, 0.3) is 0 Å². The van der Waals surface area contributed by atoms with E-state index in [4.69, 9.17) is 0 Å². The number of hydrogen-bond acceptors (Lipinski definition) is 3. The fourth-order valence-corrected chi connectivity index (χ4v) is 5.36. The van der Waals surface area contributed by atoms with Gasteiger partial charge in [0, 0.05) is 6.42 Å². The standard InChI is InChI=1S/C15H22N2OS/c16-10-15(3-5-19-6-4-15)17-14(18)9-13-8-11-1-2-12(13)7-11/h11-13H,1-9H2,(H,17,18). The highest BCUT2D eigenvalue weighted by Crippen LogP contribution is 2.49. The molecule has 0 spiro atoms. The number of nitriles is 1. The van der Waals surface area contributed by atoms with Crippen molar-refractivity contribution in [2.24, 2.45) is 17.8 Å². The first kappa shape index (κ1) is 13.3. The molecule has 3 aliphatic rings. The van der Waals surface area contributed by atoms with E-state index in [2.05, 4.69) is 11.4 Å². The molecule has 3 nitrogen and oxygen atoms in total. The Morgan fingerprint density at radius 1 is 1.32 bits per heavy atom. The third-order valence-corrected chi connectivity index (χ3v) is 6.26. The minimum Gasteiger partial charge on any atom is -0.338 e. The number of thioether (sulfide) groups is 1. The molecule has 1 amide bonds. The van der Waals surface area contributed by atoms with Crippen molar-refractivity contribution in [1.29, 1.82) is 5.26 Å². The van der Waals surface area contributed by atoms with Gasteiger partial charge in [0.1, 0.15) is 5.54 Å². The maximum Gasteiger partial charge on any atom is 0.221 e. The third kappa shape index (κ3) is 2.76. The average molecular weight is 278 g/mol. The summed E-state index contributed by atoms with van der Waals surface area (Å²) in [6.45, 7) is 0. The Labute approximate surface area is 119 Å². The molecular weight excluding hydrogens is 256 g/mol. The topological polar surface area (TPSA) is 52.9 Å². The Balaban J connectivity index is 1.54. The molecule has 0 aromatic carbocycles. The zero-order chi connectivity index (χ0) is 13.3. The lowest BCUT2D eigenvalue weighted by atomic mass is 9.85. The molecular formula is C15H22N2OS. The molecule has 3 fully saturated rings. The first-order chi connectivity index (χ1) is 9.21. The Kier molecular flexibility index (Phi) is 3.75. The van der Waals surface area contributed by atoms with E-state index in [0.717, 1.165) is 36.2 Å². The minimum absolute atomic E-state index is 0.117. The van der Waals surface area contributed by atoms with Crippen molar-refractivity contribution in [3.8, 4) is 6.07 Å². The van der Waals surface area contributed by atoms with Crippen molar-refractivity contribution >= 4 is 17.7 Å². The van der Waals surface area contributed by atoms with Gasteiger partial charge in [0.15, 0.2) is 0 Å². The number of nitrogens with one attached hydrogen (secondary N) is 1. The predicted octanol–water partition coefficient (Wildman–Crippen LogP) is 2.72. The average Bonchev–Trinajstić information content (AvgIpc) is 3.02. The summed E-state index contributed by atoms with van der Waals surface area (Å²) >= 11 is 1.88. The first-order valence-corrected chi connectivity index (χ1v) is 8.66. The summed E-state index contributed by atoms with van der Waals surface area (Å²) in [7, 11) is 0. The number of nitrogens with zero attached hydrogens (tertiary/aromatic N) is 1. The highest BCUT2D eigenvalue weighted by molar-refractivity contribution is 7.99. The molecule has 2 bridgehead atoms. The lowest BCUT2D eigenvalue weighted by Gasteiger charge is -2.32. The number of amides is 1. The lowest BCUT2D eigenvalue weighted by Crippen LogP contribution is -2.50. The monoisotopic (exact) mass is 278 g/mol. The number of carbonyl (C=O) groups is 1. The van der Waals surface area contributed by atoms with E-state index in [1.54, 1.807) is 0 Å². The Morgan fingerprint density at radius 2 is 2.11 bits per heavy atom. The highest BCUT2D eigenvalue weighted by atomic mass is 32.2. The van der Waals surface area contributed by atoms with E-state index in [-0.39, 0.29) is 5.91 Å². The van der Waals surface area contributed by atoms with E-state index >= 15 is 0 Å². The van der Waals surface area contributed by atoms with Gasteiger partial charge >= 0.3 is 0 Å². The molecule has 2 aliphatic carbocycles. The fraction of sp³-hybridized carbons (Fsp3) is 0.867. The third-order valence-electron chi connectivity index (χ3n) is 5.27. The van der Waals surface area contributed by atoms with Crippen molar-refractivity contribution < 1.29 is 4.79 Å². The lowest BCUT2D eigenvalue weighted by molar-refractivity contribution is -0.123. The van der Waals surface area contributed by atoms with Crippen molar-refractivity contribution in [2.45, 2.75) is 50.5 Å². The van der Waals surface area contributed by atoms with Crippen LogP contribution in [0.4, 0.5) is 0 Å². The van der Waals surface area contributed by atoms with E-state index in [1.165, 1.54) is 25.7 Å². The summed E-state index contributed by atoms with van der Waals surface area (Å²) in [5.41, 5.74) is -0.569. The molecule has 1 aliphatic heterocycles. The van der Waals surface area contributed by atoms with Gasteiger partial charge in [-0.25, -0.2) is 0 Å². The van der Waals surface area contributed by atoms with Crippen LogP contribution in [0.1, 0.15) is 44.9 Å². The van der Waals surface area contributed by atoms with Crippen molar-refractivity contribution in [3.05, 3.63) is 0 Å². The second-order valence-corrected chi connectivity index (χ2v) is 7.72. The van der Waals surface area contributed by atoms with Crippen LogP contribution in [-0.2, 0) is 4.79 Å². The molecule has 0 aromatic heterocycles. The second kappa shape index (κ2) is 5.36. The Hall–Kier alpha value is -0.690. The summed E-state index contributed by atoms with van der Waals surface area (Å²) in [5.74, 6) is 4.36. The van der Waals surface area contributed by atoms with Gasteiger partial charge in [-0.1, -0.05) is 6.42 Å². The normalized spacial score (nSPS) is 35.8. The molecule has 2 saturated carbocycles. The molecule has 104 valence electrons. The van der Waals surface area contributed by atoms with Crippen molar-refractivity contribution in [1.82, 2.24) is 5.32 Å². The van der Waals surface area contributed by atoms with Crippen LogP contribution in [0.15, 0.2) is 0 Å². The van der Waals surface area contributed by atoms with Gasteiger partial charge in [-0.15, -0.1) is 0 Å². The molecule has 1 N–H and O–H groups in total. The van der Waals surface area contributed by atoms with Crippen LogP contribution in [0.5, 0.6) is 0 Å². The van der Waals surface area contributed by atoms with E-state index in [9.17, 15) is 10.1 Å². The summed E-state index contributed by atoms with van der Waals surface area (Å²) < 4.78 is 0. The SMILES string of the molecule is N#CC1(NC(=O)CC2CC3CCC2C3)CCSCC1. The number of carbonyl (C=O) groups excluding carboxylic acids is 1. The summed E-state index contributed by atoms with van der Waals surface area (Å²) in [5, 5.41) is 12.4. The molecule has 0 aromatic rings. The number of fused-ring (bicyclic) bond motifs is 2. The summed E-state index contributed by atoms with van der Waals surface area (Å²) in [4.78, 5) is 12.2. The van der Waals surface area contributed by atoms with Gasteiger partial charge < -0.3 is 5.32 Å². The molecule has 1 saturated heterocycles. The highest BCUT2D eigenvalue weighted by Gasteiger charge is 2.41. The Morgan fingerprint density at radius 3 is 2.68 bits per heavy atom. The second-order valence-electron chi connectivity index (χ2n) is 6.49. The molecule has 4 heteroatoms. The Bertz CT molecular complexity index is 397. The van der Waals surface area contributed by atoms with E-state index in [0.29, 0.717) is 12.3 Å². The van der Waals surface area contributed by atoms with Crippen LogP contribution in [-0.4, -0.2) is 23.0 Å². The molecule has 3 atom stereocenters. The molecule has 0 radical (unpaired) electrons. The van der Waals surface area contributed by atoms with E-state index < -0.39 is 5.54 Å². The largest absolute Gasteiger partial charge is 0.338 e. The van der Waals surface area contributed by atoms with Gasteiger partial charge in [-0.05, 0) is 61.4 Å². The van der Waals surface area contributed by atoms with Crippen LogP contribution >= 0.6 is 11.8 Å². The zero-order valence-corrected chi connectivity index (χ0v) is 12.2. The smallest absolute Gasteiger partial charge is 0.221 e. The molecule has 1 heterocycles.